The van der Waals surface area contributed by atoms with E-state index in [1.165, 1.54) is 6.07 Å². The maximum atomic E-state index is 13.9. The van der Waals surface area contributed by atoms with Gasteiger partial charge < -0.3 is 4.90 Å². The maximum Gasteiger partial charge on any atom is 0.237 e. The molecule has 2 aliphatic heterocycles. The van der Waals surface area contributed by atoms with Crippen molar-refractivity contribution in [1.29, 1.82) is 0 Å². The van der Waals surface area contributed by atoms with Gasteiger partial charge in [-0.3, -0.25) is 9.13 Å². The van der Waals surface area contributed by atoms with E-state index >= 15 is 0 Å². The van der Waals surface area contributed by atoms with Crippen LogP contribution in [0.1, 0.15) is 44.3 Å². The molecule has 3 aromatic heterocycles. The first kappa shape index (κ1) is 20.0. The lowest BCUT2D eigenvalue weighted by Gasteiger charge is -2.49. The van der Waals surface area contributed by atoms with E-state index in [-0.39, 0.29) is 5.54 Å². The monoisotopic (exact) mass is 448 g/mol. The Balaban J connectivity index is 1.53. The van der Waals surface area contributed by atoms with Gasteiger partial charge >= 0.3 is 0 Å². The number of rotatable bonds is 3. The summed E-state index contributed by atoms with van der Waals surface area (Å²) < 4.78 is 31.1. The van der Waals surface area contributed by atoms with Gasteiger partial charge in [0, 0.05) is 24.5 Å². The molecule has 0 bridgehead atoms. The zero-order chi connectivity index (χ0) is 22.7. The summed E-state index contributed by atoms with van der Waals surface area (Å²) in [5.41, 5.74) is 1.02. The maximum absolute atomic E-state index is 13.9. The van der Waals surface area contributed by atoms with E-state index in [2.05, 4.69) is 36.6 Å². The molecule has 0 amide bonds. The highest BCUT2D eigenvalue weighted by Gasteiger charge is 2.48. The summed E-state index contributed by atoms with van der Waals surface area (Å²) in [4.78, 5) is 16.3. The second kappa shape index (κ2) is 7.16. The molecule has 1 fully saturated rings. The number of anilines is 1. The molecule has 10 heteroatoms. The largest absolute Gasteiger partial charge is 0.342 e. The molecule has 1 unspecified atom stereocenters. The summed E-state index contributed by atoms with van der Waals surface area (Å²) in [6.45, 7) is 4.98. The summed E-state index contributed by atoms with van der Waals surface area (Å²) in [5.74, 6) is 1.58. The average Bonchev–Trinajstić information content (AvgIpc) is 3.48. The molecule has 5 heterocycles. The van der Waals surface area contributed by atoms with Crippen molar-refractivity contribution in [2.75, 3.05) is 11.4 Å². The van der Waals surface area contributed by atoms with E-state index in [0.29, 0.717) is 17.3 Å². The van der Waals surface area contributed by atoms with Crippen LogP contribution in [0, 0.1) is 18.6 Å². The Kier molecular flexibility index (Phi) is 4.33. The van der Waals surface area contributed by atoms with Gasteiger partial charge in [-0.25, -0.2) is 18.7 Å². The summed E-state index contributed by atoms with van der Waals surface area (Å²) in [7, 11) is 0. The van der Waals surface area contributed by atoms with Crippen molar-refractivity contribution >= 4 is 5.82 Å². The zero-order valence-corrected chi connectivity index (χ0v) is 18.3. The van der Waals surface area contributed by atoms with Crippen LogP contribution >= 0.6 is 0 Å². The van der Waals surface area contributed by atoms with Gasteiger partial charge in [0.1, 0.15) is 22.9 Å². The predicted molar refractivity (Wildman–Crippen MR) is 117 cm³/mol. The normalized spacial score (nSPS) is 19.2. The molecular formula is C23H22F2N8. The second-order valence-electron chi connectivity index (χ2n) is 8.53. The van der Waals surface area contributed by atoms with Gasteiger partial charge in [-0.2, -0.15) is 4.98 Å². The average molecular weight is 448 g/mol. The molecule has 0 spiro atoms. The molecule has 2 aliphatic rings. The molecule has 0 aliphatic carbocycles. The van der Waals surface area contributed by atoms with Crippen molar-refractivity contribution in [2.45, 2.75) is 45.1 Å². The minimum atomic E-state index is -0.926. The SMILES string of the molecule is CCC12CCCCN1c1nc(-n3ccnc3-c3ccc(F)c(F)c3)ncc1-n1c(C)nnc12. The van der Waals surface area contributed by atoms with Crippen molar-refractivity contribution in [3.63, 3.8) is 0 Å². The molecule has 0 saturated carbocycles. The molecule has 6 rings (SSSR count). The smallest absolute Gasteiger partial charge is 0.237 e. The van der Waals surface area contributed by atoms with Crippen LogP contribution in [0.2, 0.25) is 0 Å². The van der Waals surface area contributed by atoms with Crippen LogP contribution in [-0.4, -0.2) is 40.8 Å². The van der Waals surface area contributed by atoms with Crippen LogP contribution in [0.3, 0.4) is 0 Å². The lowest BCUT2D eigenvalue weighted by molar-refractivity contribution is 0.274. The van der Waals surface area contributed by atoms with E-state index in [0.717, 1.165) is 67.5 Å². The number of fused-ring (bicyclic) bond motifs is 6. The lowest BCUT2D eigenvalue weighted by atomic mass is 9.82. The third kappa shape index (κ3) is 2.76. The second-order valence-corrected chi connectivity index (χ2v) is 8.53. The summed E-state index contributed by atoms with van der Waals surface area (Å²) in [6, 6.07) is 3.72. The van der Waals surface area contributed by atoms with Gasteiger partial charge in [0.2, 0.25) is 5.95 Å². The van der Waals surface area contributed by atoms with Crippen LogP contribution in [0.25, 0.3) is 23.0 Å². The molecule has 8 nitrogen and oxygen atoms in total. The number of halogens is 2. The minimum absolute atomic E-state index is 0.268. The Morgan fingerprint density at radius 2 is 1.97 bits per heavy atom. The highest BCUT2D eigenvalue weighted by molar-refractivity contribution is 5.65. The minimum Gasteiger partial charge on any atom is -0.342 e. The van der Waals surface area contributed by atoms with Gasteiger partial charge in [0.15, 0.2) is 23.3 Å². The molecule has 1 aromatic carbocycles. The molecule has 0 N–H and O–H groups in total. The molecule has 33 heavy (non-hydrogen) atoms. The van der Waals surface area contributed by atoms with Crippen LogP contribution in [0.4, 0.5) is 14.6 Å². The standard InChI is InChI=1S/C23H22F2N8/c1-3-23-8-4-5-10-32(23)20-18(33-14(2)29-30-21(23)33)13-27-22(28-20)31-11-9-26-19(31)15-6-7-16(24)17(25)12-15/h6-7,9,11-13H,3-5,8,10H2,1-2H3. The number of aryl methyl sites for hydroxylation is 1. The Morgan fingerprint density at radius 3 is 2.79 bits per heavy atom. The van der Waals surface area contributed by atoms with E-state index in [1.807, 2.05) is 6.92 Å². The number of piperidine rings is 1. The lowest BCUT2D eigenvalue weighted by Crippen LogP contribution is -2.54. The number of hydrogen-bond acceptors (Lipinski definition) is 6. The first-order valence-corrected chi connectivity index (χ1v) is 11.1. The summed E-state index contributed by atoms with van der Waals surface area (Å²) >= 11 is 0. The fraction of sp³-hybridized carbons (Fsp3) is 0.348. The Labute approximate surface area is 189 Å². The fourth-order valence-electron chi connectivity index (χ4n) is 5.20. The predicted octanol–water partition coefficient (Wildman–Crippen LogP) is 4.11. The van der Waals surface area contributed by atoms with E-state index in [4.69, 9.17) is 4.98 Å². The van der Waals surface area contributed by atoms with Crippen LogP contribution in [0.15, 0.2) is 36.8 Å². The van der Waals surface area contributed by atoms with Crippen LogP contribution in [0.5, 0.6) is 0 Å². The number of aromatic nitrogens is 7. The van der Waals surface area contributed by atoms with Gasteiger partial charge in [-0.15, -0.1) is 10.2 Å². The molecule has 1 saturated heterocycles. The third-order valence-corrected chi connectivity index (χ3v) is 6.83. The van der Waals surface area contributed by atoms with E-state index < -0.39 is 11.6 Å². The van der Waals surface area contributed by atoms with Crippen molar-refractivity contribution in [3.05, 3.63) is 60.1 Å². The molecule has 0 radical (unpaired) electrons. The van der Waals surface area contributed by atoms with E-state index in [9.17, 15) is 8.78 Å². The van der Waals surface area contributed by atoms with Gasteiger partial charge in [-0.05, 0) is 50.8 Å². The molecule has 168 valence electrons. The van der Waals surface area contributed by atoms with Crippen molar-refractivity contribution in [1.82, 2.24) is 34.3 Å². The first-order chi connectivity index (χ1) is 16.0. The quantitative estimate of drug-likeness (QED) is 0.470. The van der Waals surface area contributed by atoms with Crippen molar-refractivity contribution < 1.29 is 8.78 Å². The number of benzene rings is 1. The summed E-state index contributed by atoms with van der Waals surface area (Å²) in [6.07, 6.45) is 9.14. The Hall–Kier alpha value is -3.69. The number of imidazole rings is 1. The topological polar surface area (TPSA) is 77.5 Å². The molecule has 4 aromatic rings. The first-order valence-electron chi connectivity index (χ1n) is 11.1. The third-order valence-electron chi connectivity index (χ3n) is 6.83. The molecule has 1 atom stereocenters. The number of nitrogens with zero attached hydrogens (tertiary/aromatic N) is 8. The highest BCUT2D eigenvalue weighted by Crippen LogP contribution is 2.48. The zero-order valence-electron chi connectivity index (χ0n) is 18.3. The van der Waals surface area contributed by atoms with Crippen LogP contribution < -0.4 is 4.90 Å². The van der Waals surface area contributed by atoms with Crippen molar-refractivity contribution in [2.24, 2.45) is 0 Å². The van der Waals surface area contributed by atoms with Gasteiger partial charge in [0.05, 0.1) is 6.20 Å². The van der Waals surface area contributed by atoms with Crippen molar-refractivity contribution in [3.8, 4) is 23.0 Å². The number of hydrogen-bond donors (Lipinski definition) is 0. The van der Waals surface area contributed by atoms with E-state index in [1.54, 1.807) is 23.2 Å². The fourth-order valence-corrected chi connectivity index (χ4v) is 5.20. The molecular weight excluding hydrogens is 426 g/mol. The highest BCUT2D eigenvalue weighted by atomic mass is 19.2. The van der Waals surface area contributed by atoms with Gasteiger partial charge in [0.25, 0.3) is 0 Å². The summed E-state index contributed by atoms with van der Waals surface area (Å²) in [5, 5.41) is 8.93. The Bertz CT molecular complexity index is 1380. The Morgan fingerprint density at radius 1 is 1.09 bits per heavy atom. The van der Waals surface area contributed by atoms with Crippen LogP contribution in [-0.2, 0) is 5.54 Å². The van der Waals surface area contributed by atoms with Gasteiger partial charge in [-0.1, -0.05) is 6.92 Å².